The summed E-state index contributed by atoms with van der Waals surface area (Å²) in [4.78, 5) is 21.3. The van der Waals surface area contributed by atoms with Gasteiger partial charge in [0, 0.05) is 22.8 Å². The van der Waals surface area contributed by atoms with Crippen LogP contribution in [-0.2, 0) is 26.7 Å². The summed E-state index contributed by atoms with van der Waals surface area (Å²) < 4.78 is 0. The van der Waals surface area contributed by atoms with Crippen LogP contribution in [0.5, 0.6) is 0 Å². The minimum absolute atomic E-state index is 0. The molecule has 0 saturated heterocycles. The van der Waals surface area contributed by atoms with Gasteiger partial charge >= 0.3 is 17.1 Å². The van der Waals surface area contributed by atoms with E-state index in [0.717, 1.165) is 0 Å². The van der Waals surface area contributed by atoms with E-state index in [1.54, 1.807) is 27.7 Å². The van der Waals surface area contributed by atoms with Crippen molar-refractivity contribution in [3.05, 3.63) is 0 Å². The Hall–Kier alpha value is -0.541. The van der Waals surface area contributed by atoms with Crippen molar-refractivity contribution in [1.82, 2.24) is 0 Å². The first-order valence-corrected chi connectivity index (χ1v) is 5.02. The van der Waals surface area contributed by atoms with Gasteiger partial charge in [0.1, 0.15) is 0 Å². The molecular formula is C11H18CuO4. The molecule has 0 fully saturated rings. The van der Waals surface area contributed by atoms with E-state index >= 15 is 0 Å². The zero-order chi connectivity index (χ0) is 12.3. The van der Waals surface area contributed by atoms with Gasteiger partial charge in [0.15, 0.2) is 0 Å². The van der Waals surface area contributed by atoms with Crippen molar-refractivity contribution < 1.29 is 36.9 Å². The molecule has 0 aromatic rings. The van der Waals surface area contributed by atoms with Gasteiger partial charge in [-0.05, 0) is 12.8 Å². The number of carboxylic acids is 2. The van der Waals surface area contributed by atoms with Crippen molar-refractivity contribution in [2.75, 3.05) is 0 Å². The second-order valence-corrected chi connectivity index (χ2v) is 5.20. The summed E-state index contributed by atoms with van der Waals surface area (Å²) in [5, 5.41) is 21.3. The maximum atomic E-state index is 10.7. The number of carboxylic acid groups (broad SMARTS) is 2. The van der Waals surface area contributed by atoms with Gasteiger partial charge in [0.25, 0.3) is 0 Å². The van der Waals surface area contributed by atoms with E-state index < -0.39 is 22.8 Å². The Labute approximate surface area is 107 Å². The van der Waals surface area contributed by atoms with Crippen molar-refractivity contribution >= 4 is 11.9 Å². The number of hydrogen-bond acceptors (Lipinski definition) is 4. The number of carbonyl (C=O) groups excluding carboxylic acids is 2. The molecular weight excluding hydrogens is 260 g/mol. The summed E-state index contributed by atoms with van der Waals surface area (Å²) in [6.45, 7) is 6.31. The Morgan fingerprint density at radius 2 is 1.12 bits per heavy atom. The first-order chi connectivity index (χ1) is 6.59. The van der Waals surface area contributed by atoms with E-state index in [0.29, 0.717) is 19.3 Å². The molecule has 1 radical (unpaired) electrons. The topological polar surface area (TPSA) is 80.3 Å². The monoisotopic (exact) mass is 277 g/mol. The average Bonchev–Trinajstić information content (AvgIpc) is 2.02. The van der Waals surface area contributed by atoms with Gasteiger partial charge in [0.05, 0.1) is 0 Å². The largest absolute Gasteiger partial charge is 2.00 e. The van der Waals surface area contributed by atoms with E-state index in [1.165, 1.54) is 0 Å². The molecule has 5 heteroatoms. The predicted molar refractivity (Wildman–Crippen MR) is 51.4 cm³/mol. The summed E-state index contributed by atoms with van der Waals surface area (Å²) in [6, 6.07) is 0. The van der Waals surface area contributed by atoms with E-state index in [-0.39, 0.29) is 17.1 Å². The van der Waals surface area contributed by atoms with Crippen LogP contribution in [0.1, 0.15) is 47.0 Å². The molecule has 0 N–H and O–H groups in total. The Bertz CT molecular complexity index is 233. The van der Waals surface area contributed by atoms with Crippen LogP contribution in [0.25, 0.3) is 0 Å². The molecule has 0 aromatic carbocycles. The molecule has 0 bridgehead atoms. The summed E-state index contributed by atoms with van der Waals surface area (Å²) in [7, 11) is 0. The molecule has 0 aliphatic rings. The van der Waals surface area contributed by atoms with Crippen LogP contribution in [-0.4, -0.2) is 11.9 Å². The Morgan fingerprint density at radius 3 is 1.31 bits per heavy atom. The third kappa shape index (κ3) is 5.52. The fourth-order valence-corrected chi connectivity index (χ4v) is 1.18. The molecule has 0 saturated carbocycles. The summed E-state index contributed by atoms with van der Waals surface area (Å²) in [5.74, 6) is -2.21. The quantitative estimate of drug-likeness (QED) is 0.625. The second-order valence-electron chi connectivity index (χ2n) is 5.20. The molecule has 0 aliphatic heterocycles. The van der Waals surface area contributed by atoms with Crippen molar-refractivity contribution in [3.63, 3.8) is 0 Å². The van der Waals surface area contributed by atoms with Crippen molar-refractivity contribution in [2.24, 2.45) is 10.8 Å². The van der Waals surface area contributed by atoms with Gasteiger partial charge in [-0.15, -0.1) is 0 Å². The van der Waals surface area contributed by atoms with Crippen LogP contribution in [0, 0.1) is 10.8 Å². The predicted octanol–water partition coefficient (Wildman–Crippen LogP) is -0.294. The standard InChI is InChI=1S/C11H20O4.Cu/c1-10(2,8(12)13)6-5-7-11(3,4)9(14)15;/h5-7H2,1-4H3,(H,12,13)(H,14,15);/q;+2/p-2. The first kappa shape index (κ1) is 17.8. The maximum absolute atomic E-state index is 10.7. The molecule has 0 rings (SSSR count). The summed E-state index contributed by atoms with van der Waals surface area (Å²) in [6.07, 6.45) is 1.35. The number of rotatable bonds is 6. The average molecular weight is 278 g/mol. The van der Waals surface area contributed by atoms with Gasteiger partial charge in [-0.1, -0.05) is 34.1 Å². The third-order valence-electron chi connectivity index (χ3n) is 2.71. The molecule has 0 aromatic heterocycles. The minimum atomic E-state index is -1.10. The zero-order valence-corrected chi connectivity index (χ0v) is 11.0. The van der Waals surface area contributed by atoms with E-state index in [1.807, 2.05) is 0 Å². The van der Waals surface area contributed by atoms with E-state index in [4.69, 9.17) is 0 Å². The normalized spacial score (nSPS) is 11.8. The van der Waals surface area contributed by atoms with Crippen LogP contribution in [0.2, 0.25) is 0 Å². The van der Waals surface area contributed by atoms with Gasteiger partial charge in [-0.2, -0.15) is 0 Å². The van der Waals surface area contributed by atoms with Gasteiger partial charge in [-0.3, -0.25) is 0 Å². The minimum Gasteiger partial charge on any atom is -0.550 e. The summed E-state index contributed by atoms with van der Waals surface area (Å²) >= 11 is 0. The van der Waals surface area contributed by atoms with Crippen molar-refractivity contribution in [1.29, 1.82) is 0 Å². The van der Waals surface area contributed by atoms with Crippen LogP contribution < -0.4 is 10.2 Å². The molecule has 0 heterocycles. The Kier molecular flexibility index (Phi) is 6.98. The molecule has 0 aliphatic carbocycles. The van der Waals surface area contributed by atoms with Gasteiger partial charge in [0.2, 0.25) is 0 Å². The molecule has 97 valence electrons. The molecule has 0 spiro atoms. The van der Waals surface area contributed by atoms with Crippen LogP contribution >= 0.6 is 0 Å². The number of carbonyl (C=O) groups is 2. The van der Waals surface area contributed by atoms with E-state index in [9.17, 15) is 19.8 Å². The summed E-state index contributed by atoms with van der Waals surface area (Å²) in [5.41, 5.74) is -1.80. The molecule has 0 amide bonds. The molecule has 4 nitrogen and oxygen atoms in total. The fourth-order valence-electron chi connectivity index (χ4n) is 1.18. The smallest absolute Gasteiger partial charge is 0.550 e. The molecule has 16 heavy (non-hydrogen) atoms. The SMILES string of the molecule is CC(C)(CCCC(C)(C)C(=O)[O-])C(=O)[O-].[Cu+2]. The van der Waals surface area contributed by atoms with E-state index in [2.05, 4.69) is 0 Å². The maximum Gasteiger partial charge on any atom is 2.00 e. The van der Waals surface area contributed by atoms with Gasteiger partial charge < -0.3 is 19.8 Å². The number of hydrogen-bond donors (Lipinski definition) is 0. The number of aliphatic carboxylic acids is 2. The van der Waals surface area contributed by atoms with Crippen LogP contribution in [0.15, 0.2) is 0 Å². The van der Waals surface area contributed by atoms with Crippen LogP contribution in [0.4, 0.5) is 0 Å². The second kappa shape index (κ2) is 6.26. The Balaban J connectivity index is 0. The zero-order valence-electron chi connectivity index (χ0n) is 10.1. The first-order valence-electron chi connectivity index (χ1n) is 5.02. The molecule has 0 unspecified atom stereocenters. The van der Waals surface area contributed by atoms with Crippen molar-refractivity contribution in [3.8, 4) is 0 Å². The van der Waals surface area contributed by atoms with Gasteiger partial charge in [-0.25, -0.2) is 0 Å². The van der Waals surface area contributed by atoms with Crippen LogP contribution in [0.3, 0.4) is 0 Å². The third-order valence-corrected chi connectivity index (χ3v) is 2.71. The Morgan fingerprint density at radius 1 is 0.875 bits per heavy atom. The molecule has 0 atom stereocenters. The van der Waals surface area contributed by atoms with Crippen molar-refractivity contribution in [2.45, 2.75) is 47.0 Å². The fraction of sp³-hybridized carbons (Fsp3) is 0.818.